The quantitative estimate of drug-likeness (QED) is 0.618. The Bertz CT molecular complexity index is 1160. The molecule has 0 radical (unpaired) electrons. The second-order valence-electron chi connectivity index (χ2n) is 6.73. The molecule has 2 atom stereocenters. The molecule has 1 aliphatic carbocycles. The van der Waals surface area contributed by atoms with Gasteiger partial charge in [0.15, 0.2) is 0 Å². The third-order valence-corrected chi connectivity index (χ3v) is 9.23. The second kappa shape index (κ2) is 7.37. The van der Waals surface area contributed by atoms with Crippen molar-refractivity contribution in [3.63, 3.8) is 0 Å². The predicted molar refractivity (Wildman–Crippen MR) is 107 cm³/mol. The Morgan fingerprint density at radius 3 is 1.66 bits per heavy atom. The molecule has 0 aromatic heterocycles. The van der Waals surface area contributed by atoms with E-state index in [1.807, 2.05) is 0 Å². The maximum absolute atomic E-state index is 15.2. The zero-order valence-corrected chi connectivity index (χ0v) is 16.9. The topological polar surface area (TPSA) is 71.5 Å². The van der Waals surface area contributed by atoms with Crippen molar-refractivity contribution >= 4 is 20.0 Å². The molecule has 0 saturated heterocycles. The van der Waals surface area contributed by atoms with E-state index >= 15 is 4.39 Å². The minimum Gasteiger partial charge on any atom is -0.245 e. The van der Waals surface area contributed by atoms with E-state index in [1.54, 1.807) is 36.4 Å². The van der Waals surface area contributed by atoms with E-state index in [1.165, 1.54) is 48.5 Å². The van der Waals surface area contributed by atoms with E-state index in [4.69, 9.17) is 0 Å². The van der Waals surface area contributed by atoms with Crippen LogP contribution in [0.4, 0.5) is 4.39 Å². The maximum atomic E-state index is 15.2. The van der Waals surface area contributed by atoms with Gasteiger partial charge < -0.3 is 0 Å². The number of rotatable bonds is 5. The van der Waals surface area contributed by atoms with Gasteiger partial charge in [-0.1, -0.05) is 64.4 Å². The van der Waals surface area contributed by atoms with Crippen LogP contribution in [0.1, 0.15) is 17.2 Å². The number of halogens is 1. The number of hydrogen-bond acceptors (Lipinski definition) is 4. The highest BCUT2D eigenvalue weighted by Gasteiger charge is 2.49. The molecule has 4 rings (SSSR count). The summed E-state index contributed by atoms with van der Waals surface area (Å²) < 4.78 is 69.4. The Morgan fingerprint density at radius 2 is 1.14 bits per heavy atom. The van der Waals surface area contributed by atoms with Gasteiger partial charge in [0.1, 0.15) is 6.17 Å². The molecular weight excluding hydrogens is 413 g/mol. The minimum atomic E-state index is -4.56. The number of hydrogen-bond donors (Lipinski definition) is 0. The summed E-state index contributed by atoms with van der Waals surface area (Å²) >= 11 is 0. The lowest BCUT2D eigenvalue weighted by Crippen LogP contribution is -2.42. The summed E-state index contributed by atoms with van der Waals surface area (Å²) in [5, 5.41) is 0. The summed E-state index contributed by atoms with van der Waals surface area (Å²) in [5.41, 5.74) is 0.959. The number of nitrogens with zero attached hydrogens (tertiary/aromatic N) is 1. The van der Waals surface area contributed by atoms with Gasteiger partial charge in [-0.2, -0.15) is 0 Å². The summed E-state index contributed by atoms with van der Waals surface area (Å²) in [5.74, 6) is 0. The molecule has 0 N–H and O–H groups in total. The predicted octanol–water partition coefficient (Wildman–Crippen LogP) is 3.70. The molecule has 3 aromatic rings. The lowest BCUT2D eigenvalue weighted by Gasteiger charge is -2.29. The van der Waals surface area contributed by atoms with Gasteiger partial charge in [0.05, 0.1) is 15.8 Å². The van der Waals surface area contributed by atoms with Gasteiger partial charge in [0, 0.05) is 6.42 Å². The van der Waals surface area contributed by atoms with E-state index in [9.17, 15) is 16.8 Å². The first-order valence-corrected chi connectivity index (χ1v) is 11.8. The normalized spacial score (nSPS) is 19.2. The highest BCUT2D eigenvalue weighted by atomic mass is 32.3. The van der Waals surface area contributed by atoms with Crippen LogP contribution in [0.3, 0.4) is 0 Å². The Balaban J connectivity index is 1.97. The lowest BCUT2D eigenvalue weighted by molar-refractivity contribution is 0.245. The van der Waals surface area contributed by atoms with Crippen molar-refractivity contribution in [2.24, 2.45) is 0 Å². The van der Waals surface area contributed by atoms with Crippen LogP contribution in [-0.2, 0) is 26.5 Å². The van der Waals surface area contributed by atoms with Gasteiger partial charge in [-0.05, 0) is 35.4 Å². The van der Waals surface area contributed by atoms with Crippen molar-refractivity contribution in [1.29, 1.82) is 0 Å². The van der Waals surface area contributed by atoms with Gasteiger partial charge in [0.2, 0.25) is 0 Å². The molecule has 3 aromatic carbocycles. The van der Waals surface area contributed by atoms with Crippen LogP contribution in [0, 0.1) is 0 Å². The molecule has 0 fully saturated rings. The van der Waals surface area contributed by atoms with Crippen molar-refractivity contribution in [2.75, 3.05) is 0 Å². The average molecular weight is 432 g/mol. The zero-order valence-electron chi connectivity index (χ0n) is 15.2. The highest BCUT2D eigenvalue weighted by molar-refractivity contribution is 8.04. The Labute approximate surface area is 169 Å². The number of benzene rings is 3. The molecule has 0 heterocycles. The molecule has 0 amide bonds. The first-order valence-electron chi connectivity index (χ1n) is 8.95. The van der Waals surface area contributed by atoms with Gasteiger partial charge in [-0.3, -0.25) is 0 Å². The first-order chi connectivity index (χ1) is 13.8. The van der Waals surface area contributed by atoms with Crippen molar-refractivity contribution in [3.05, 3.63) is 96.1 Å². The third kappa shape index (κ3) is 3.37. The summed E-state index contributed by atoms with van der Waals surface area (Å²) in [6.45, 7) is 0. The van der Waals surface area contributed by atoms with Crippen LogP contribution in [0.15, 0.2) is 94.7 Å². The van der Waals surface area contributed by atoms with E-state index in [2.05, 4.69) is 0 Å². The summed E-state index contributed by atoms with van der Waals surface area (Å²) in [4.78, 5) is -0.424. The number of sulfonamides is 2. The number of alkyl halides is 1. The summed E-state index contributed by atoms with van der Waals surface area (Å²) in [6, 6.07) is 19.6. The smallest absolute Gasteiger partial charge is 0.245 e. The van der Waals surface area contributed by atoms with E-state index < -0.39 is 32.3 Å². The fourth-order valence-corrected chi connectivity index (χ4v) is 7.65. The van der Waals surface area contributed by atoms with Crippen molar-refractivity contribution in [3.8, 4) is 0 Å². The SMILES string of the molecule is O=S(=O)(c1ccccc1)N([C@H]1c2ccccc2C[C@H]1F)S(=O)(=O)c1ccccc1. The van der Waals surface area contributed by atoms with Gasteiger partial charge in [-0.15, -0.1) is 0 Å². The molecule has 0 unspecified atom stereocenters. The maximum Gasteiger partial charge on any atom is 0.257 e. The van der Waals surface area contributed by atoms with E-state index in [0.717, 1.165) is 0 Å². The van der Waals surface area contributed by atoms with Crippen LogP contribution in [-0.4, -0.2) is 26.7 Å². The van der Waals surface area contributed by atoms with Crippen LogP contribution in [0.2, 0.25) is 0 Å². The average Bonchev–Trinajstić information content (AvgIpc) is 3.05. The van der Waals surface area contributed by atoms with Crippen molar-refractivity contribution in [1.82, 2.24) is 3.71 Å². The highest BCUT2D eigenvalue weighted by Crippen LogP contribution is 2.43. The Hall–Kier alpha value is -2.55. The first kappa shape index (κ1) is 19.8. The molecule has 1 aliphatic rings. The second-order valence-corrected chi connectivity index (χ2v) is 10.6. The lowest BCUT2D eigenvalue weighted by atomic mass is 10.1. The monoisotopic (exact) mass is 431 g/mol. The van der Waals surface area contributed by atoms with Crippen LogP contribution >= 0.6 is 0 Å². The van der Waals surface area contributed by atoms with E-state index in [0.29, 0.717) is 14.8 Å². The zero-order chi connectivity index (χ0) is 20.6. The minimum absolute atomic E-state index is 0.0496. The molecule has 150 valence electrons. The Kier molecular flexibility index (Phi) is 5.02. The van der Waals surface area contributed by atoms with Gasteiger partial charge in [-0.25, -0.2) is 21.2 Å². The fraction of sp³-hybridized carbons (Fsp3) is 0.143. The summed E-state index contributed by atoms with van der Waals surface area (Å²) in [7, 11) is -9.12. The molecule has 0 saturated carbocycles. The molecular formula is C21H18FNO4S2. The van der Waals surface area contributed by atoms with E-state index in [-0.39, 0.29) is 16.2 Å². The van der Waals surface area contributed by atoms with Gasteiger partial charge >= 0.3 is 0 Å². The fourth-order valence-electron chi connectivity index (χ4n) is 3.59. The van der Waals surface area contributed by atoms with Crippen LogP contribution in [0.5, 0.6) is 0 Å². The van der Waals surface area contributed by atoms with Crippen LogP contribution < -0.4 is 0 Å². The van der Waals surface area contributed by atoms with Crippen molar-refractivity contribution < 1.29 is 21.2 Å². The van der Waals surface area contributed by atoms with Crippen LogP contribution in [0.25, 0.3) is 0 Å². The van der Waals surface area contributed by atoms with Crippen molar-refractivity contribution in [2.45, 2.75) is 28.4 Å². The molecule has 0 bridgehead atoms. The molecule has 5 nitrogen and oxygen atoms in total. The molecule has 0 spiro atoms. The number of fused-ring (bicyclic) bond motifs is 1. The Morgan fingerprint density at radius 1 is 0.690 bits per heavy atom. The largest absolute Gasteiger partial charge is 0.257 e. The van der Waals surface area contributed by atoms with Gasteiger partial charge in [0.25, 0.3) is 20.0 Å². The standard InChI is InChI=1S/C21H18FNO4S2/c22-20-15-16-9-7-8-14-19(16)21(20)23(28(24,25)17-10-3-1-4-11-17)29(26,27)18-12-5-2-6-13-18/h1-14,20-21H,15H2/t20-,21+/m1/s1. The summed E-state index contributed by atoms with van der Waals surface area (Å²) in [6.07, 6.45) is -1.74. The third-order valence-electron chi connectivity index (χ3n) is 4.91. The molecule has 29 heavy (non-hydrogen) atoms. The molecule has 0 aliphatic heterocycles. The molecule has 8 heteroatoms.